The lowest BCUT2D eigenvalue weighted by atomic mass is 9.87. The first-order valence-corrected chi connectivity index (χ1v) is 12.6. The average molecular weight is 468 g/mol. The normalized spacial score (nSPS) is 20.0. The molecule has 0 unspecified atom stereocenters. The number of anilines is 2. The molecular weight excluding hydrogens is 430 g/mol. The van der Waals surface area contributed by atoms with E-state index in [-0.39, 0.29) is 6.67 Å². The minimum absolute atomic E-state index is 0.198. The number of methoxy groups -OCH3 is 1. The maximum absolute atomic E-state index is 13.3. The van der Waals surface area contributed by atoms with Crippen LogP contribution in [0.2, 0.25) is 0 Å². The van der Waals surface area contributed by atoms with Crippen molar-refractivity contribution in [3.63, 3.8) is 0 Å². The van der Waals surface area contributed by atoms with Crippen LogP contribution in [0.25, 0.3) is 6.20 Å². The molecule has 1 aliphatic carbocycles. The number of nitrogens with zero attached hydrogens (tertiary/aromatic N) is 7. The fourth-order valence-electron chi connectivity index (χ4n) is 5.72. The Hall–Kier alpha value is -2.81. The Kier molecular flexibility index (Phi) is 6.38. The summed E-state index contributed by atoms with van der Waals surface area (Å²) in [5.41, 5.74) is 1.76. The molecular formula is C25H37N7O2. The maximum Gasteiger partial charge on any atom is 0.263 e. The number of fused-ring (bicyclic) bond motifs is 1. The molecule has 3 aliphatic rings. The van der Waals surface area contributed by atoms with Crippen molar-refractivity contribution in [3.8, 4) is 5.88 Å². The number of pyridine rings is 1. The van der Waals surface area contributed by atoms with E-state index in [9.17, 15) is 5.21 Å². The Morgan fingerprint density at radius 2 is 1.82 bits per heavy atom. The van der Waals surface area contributed by atoms with Gasteiger partial charge >= 0.3 is 0 Å². The number of hydroxylamine groups is 1. The third-order valence-corrected chi connectivity index (χ3v) is 7.74. The molecule has 2 fully saturated rings. The van der Waals surface area contributed by atoms with Crippen molar-refractivity contribution in [2.45, 2.75) is 56.9 Å². The fraction of sp³-hybridized carbons (Fsp3) is 0.640. The summed E-state index contributed by atoms with van der Waals surface area (Å²) in [6.45, 7) is 2.15. The number of rotatable bonds is 5. The summed E-state index contributed by atoms with van der Waals surface area (Å²) in [5, 5.41) is 19.6. The van der Waals surface area contributed by atoms with Gasteiger partial charge in [0.25, 0.3) is 5.36 Å². The standard InChI is InChI=1S/C25H37N7O2/c1-28(2)19-12-14-30(15-13-19)22-11-10-20(25(26-22)34-4)31-16-21-24(32(33)17-31)23(27-29(21)3)18-8-6-5-7-9-18/h10-11,16,18-19H,5-9,12-15,17H2,1-4H3. The third-order valence-electron chi connectivity index (χ3n) is 7.74. The quantitative estimate of drug-likeness (QED) is 0.488. The molecule has 184 valence electrons. The fourth-order valence-corrected chi connectivity index (χ4v) is 5.72. The van der Waals surface area contributed by atoms with Crippen LogP contribution in [0.15, 0.2) is 12.1 Å². The SMILES string of the molecule is COc1nc(N2CCC(N(C)C)CC2)ccc1N1C=c2c(c(C3CCCCC3)nn2C)=[N+]([O-])C1. The minimum Gasteiger partial charge on any atom is -0.622 e. The molecule has 34 heavy (non-hydrogen) atoms. The van der Waals surface area contributed by atoms with Crippen LogP contribution in [-0.4, -0.2) is 66.7 Å². The van der Waals surface area contributed by atoms with E-state index in [4.69, 9.17) is 14.8 Å². The van der Waals surface area contributed by atoms with Crippen LogP contribution in [0.4, 0.5) is 11.5 Å². The highest BCUT2D eigenvalue weighted by Gasteiger charge is 2.29. The van der Waals surface area contributed by atoms with Crippen molar-refractivity contribution in [3.05, 3.63) is 33.7 Å². The van der Waals surface area contributed by atoms with E-state index >= 15 is 0 Å². The lowest BCUT2D eigenvalue weighted by Crippen LogP contribution is -2.50. The Balaban J connectivity index is 1.43. The van der Waals surface area contributed by atoms with Crippen molar-refractivity contribution >= 4 is 17.7 Å². The summed E-state index contributed by atoms with van der Waals surface area (Å²) in [4.78, 5) is 11.4. The Morgan fingerprint density at radius 3 is 2.50 bits per heavy atom. The molecule has 0 radical (unpaired) electrons. The van der Waals surface area contributed by atoms with Gasteiger partial charge in [0.2, 0.25) is 12.5 Å². The summed E-state index contributed by atoms with van der Waals surface area (Å²) in [6, 6.07) is 4.69. The van der Waals surface area contributed by atoms with E-state index in [1.807, 2.05) is 35.0 Å². The average Bonchev–Trinajstić information content (AvgIpc) is 3.21. The summed E-state index contributed by atoms with van der Waals surface area (Å²) in [7, 11) is 7.87. The Labute approximate surface area is 201 Å². The van der Waals surface area contributed by atoms with Gasteiger partial charge in [0, 0.05) is 38.3 Å². The minimum atomic E-state index is 0.198. The van der Waals surface area contributed by atoms with Crippen molar-refractivity contribution in [1.29, 1.82) is 0 Å². The van der Waals surface area contributed by atoms with E-state index in [0.717, 1.165) is 71.4 Å². The highest BCUT2D eigenvalue weighted by Crippen LogP contribution is 2.32. The molecule has 0 N–H and O–H groups in total. The van der Waals surface area contributed by atoms with E-state index in [0.29, 0.717) is 17.8 Å². The van der Waals surface area contributed by atoms with Gasteiger partial charge in [0.05, 0.1) is 7.11 Å². The second kappa shape index (κ2) is 9.44. The monoisotopic (exact) mass is 467 g/mol. The lowest BCUT2D eigenvalue weighted by molar-refractivity contribution is 0.249. The number of hydrogen-bond donors (Lipinski definition) is 0. The van der Waals surface area contributed by atoms with E-state index in [1.54, 1.807) is 7.11 Å². The van der Waals surface area contributed by atoms with Gasteiger partial charge in [-0.05, 0) is 51.9 Å². The molecule has 0 amide bonds. The smallest absolute Gasteiger partial charge is 0.263 e. The first kappa shape index (κ1) is 23.0. The van der Waals surface area contributed by atoms with Crippen LogP contribution in [0.5, 0.6) is 5.88 Å². The van der Waals surface area contributed by atoms with Gasteiger partial charge in [-0.15, -0.1) is 0 Å². The number of aromatic nitrogens is 3. The second-order valence-electron chi connectivity index (χ2n) is 10.1. The first-order chi connectivity index (χ1) is 16.5. The van der Waals surface area contributed by atoms with Crippen LogP contribution in [0, 0.1) is 5.21 Å². The summed E-state index contributed by atoms with van der Waals surface area (Å²) < 4.78 is 8.63. The number of hydrogen-bond acceptors (Lipinski definition) is 7. The predicted octanol–water partition coefficient (Wildman–Crippen LogP) is 1.61. The Bertz CT molecular complexity index is 1140. The first-order valence-electron chi connectivity index (χ1n) is 12.6. The van der Waals surface area contributed by atoms with Crippen molar-refractivity contribution < 1.29 is 4.74 Å². The van der Waals surface area contributed by atoms with E-state index in [2.05, 4.69) is 23.9 Å². The van der Waals surface area contributed by atoms with E-state index in [1.165, 1.54) is 19.3 Å². The highest BCUT2D eigenvalue weighted by molar-refractivity contribution is 5.66. The van der Waals surface area contributed by atoms with Crippen LogP contribution < -0.4 is 30.0 Å². The van der Waals surface area contributed by atoms with Gasteiger partial charge in [0.15, 0.2) is 0 Å². The van der Waals surface area contributed by atoms with Gasteiger partial charge in [-0.3, -0.25) is 9.58 Å². The number of ether oxygens (including phenoxy) is 1. The van der Waals surface area contributed by atoms with Crippen molar-refractivity contribution in [2.24, 2.45) is 7.05 Å². The zero-order valence-corrected chi connectivity index (χ0v) is 20.9. The van der Waals surface area contributed by atoms with Crippen molar-refractivity contribution in [2.75, 3.05) is 50.8 Å². The molecule has 0 atom stereocenters. The summed E-state index contributed by atoms with van der Waals surface area (Å²) in [5.74, 6) is 1.84. The molecule has 1 saturated carbocycles. The molecule has 2 aliphatic heterocycles. The topological polar surface area (TPSA) is 75.7 Å². The number of aryl methyl sites for hydroxylation is 1. The van der Waals surface area contributed by atoms with Gasteiger partial charge in [-0.1, -0.05) is 19.3 Å². The van der Waals surface area contributed by atoms with Crippen molar-refractivity contribution in [1.82, 2.24) is 24.4 Å². The molecule has 5 rings (SSSR count). The van der Waals surface area contributed by atoms with Crippen LogP contribution >= 0.6 is 0 Å². The molecule has 0 bridgehead atoms. The summed E-state index contributed by atoms with van der Waals surface area (Å²) >= 11 is 0. The van der Waals surface area contributed by atoms with Gasteiger partial charge in [0.1, 0.15) is 22.5 Å². The van der Waals surface area contributed by atoms with Gasteiger partial charge in [-0.25, -0.2) is 0 Å². The molecule has 9 nitrogen and oxygen atoms in total. The zero-order valence-electron chi connectivity index (χ0n) is 20.9. The van der Waals surface area contributed by atoms with Gasteiger partial charge in [-0.2, -0.15) is 14.8 Å². The van der Waals surface area contributed by atoms with Crippen LogP contribution in [-0.2, 0) is 7.05 Å². The second-order valence-corrected chi connectivity index (χ2v) is 10.1. The third kappa shape index (κ3) is 4.21. The molecule has 2 aromatic heterocycles. The molecule has 0 aromatic carbocycles. The lowest BCUT2D eigenvalue weighted by Gasteiger charge is -2.36. The molecule has 1 saturated heterocycles. The molecule has 0 spiro atoms. The largest absolute Gasteiger partial charge is 0.622 e. The maximum atomic E-state index is 13.3. The summed E-state index contributed by atoms with van der Waals surface area (Å²) in [6.07, 6.45) is 10.2. The number of piperidine rings is 1. The zero-order chi connectivity index (χ0) is 23.8. The van der Waals surface area contributed by atoms with Gasteiger partial charge < -0.3 is 19.7 Å². The molecule has 2 aromatic rings. The molecule has 9 heteroatoms. The molecule has 4 heterocycles. The van der Waals surface area contributed by atoms with Crippen LogP contribution in [0.1, 0.15) is 56.6 Å². The highest BCUT2D eigenvalue weighted by atomic mass is 16.5. The van der Waals surface area contributed by atoms with E-state index < -0.39 is 0 Å². The predicted molar refractivity (Wildman–Crippen MR) is 134 cm³/mol. The Morgan fingerprint density at radius 1 is 1.09 bits per heavy atom. The van der Waals surface area contributed by atoms with Crippen LogP contribution in [0.3, 0.4) is 0 Å².